The fourth-order valence-electron chi connectivity index (χ4n) is 4.00. The van der Waals surface area contributed by atoms with Crippen LogP contribution in [0.25, 0.3) is 5.65 Å². The van der Waals surface area contributed by atoms with Gasteiger partial charge in [0.1, 0.15) is 11.6 Å². The Balaban J connectivity index is 1.30. The van der Waals surface area contributed by atoms with Gasteiger partial charge in [-0.05, 0) is 37.0 Å². The number of methoxy groups -OCH3 is 1. The first-order chi connectivity index (χ1) is 13.8. The second-order valence-corrected chi connectivity index (χ2v) is 7.74. The van der Waals surface area contributed by atoms with E-state index in [4.69, 9.17) is 4.74 Å². The van der Waals surface area contributed by atoms with Gasteiger partial charge in [0, 0.05) is 51.0 Å². The Labute approximate surface area is 165 Å². The van der Waals surface area contributed by atoms with Crippen LogP contribution in [-0.4, -0.2) is 57.8 Å². The van der Waals surface area contributed by atoms with Gasteiger partial charge in [0.05, 0.1) is 7.11 Å². The van der Waals surface area contributed by atoms with Crippen molar-refractivity contribution in [2.45, 2.75) is 31.7 Å². The lowest BCUT2D eigenvalue weighted by Crippen LogP contribution is -2.31. The van der Waals surface area contributed by atoms with E-state index < -0.39 is 0 Å². The van der Waals surface area contributed by atoms with Gasteiger partial charge in [0.25, 0.3) is 0 Å². The third kappa shape index (κ3) is 3.42. The summed E-state index contributed by atoms with van der Waals surface area (Å²) in [4.78, 5) is 9.55. The second kappa shape index (κ2) is 7.39. The molecular weight excluding hydrogens is 352 g/mol. The molecule has 2 aliphatic rings. The van der Waals surface area contributed by atoms with E-state index in [0.29, 0.717) is 5.92 Å². The fourth-order valence-corrected chi connectivity index (χ4v) is 4.00. The highest BCUT2D eigenvalue weighted by atomic mass is 16.5. The zero-order valence-electron chi connectivity index (χ0n) is 16.3. The maximum absolute atomic E-state index is 5.26. The summed E-state index contributed by atoms with van der Waals surface area (Å²) < 4.78 is 7.40. The minimum absolute atomic E-state index is 0.578. The summed E-state index contributed by atoms with van der Waals surface area (Å²) in [5.74, 6) is 3.54. The van der Waals surface area contributed by atoms with Crippen LogP contribution in [0.3, 0.4) is 0 Å². The Hall–Kier alpha value is -2.67. The highest BCUT2D eigenvalue weighted by Crippen LogP contribution is 2.39. The predicted octanol–water partition coefficient (Wildman–Crippen LogP) is 2.72. The van der Waals surface area contributed by atoms with Crippen LogP contribution >= 0.6 is 0 Å². The zero-order chi connectivity index (χ0) is 18.9. The van der Waals surface area contributed by atoms with E-state index >= 15 is 0 Å². The third-order valence-electron chi connectivity index (χ3n) is 5.73. The van der Waals surface area contributed by atoms with Crippen molar-refractivity contribution in [3.05, 3.63) is 48.0 Å². The van der Waals surface area contributed by atoms with Crippen molar-refractivity contribution in [2.24, 2.45) is 0 Å². The largest absolute Gasteiger partial charge is 0.497 e. The maximum Gasteiger partial charge on any atom is 0.203 e. The number of aromatic nitrogens is 4. The van der Waals surface area contributed by atoms with Crippen molar-refractivity contribution < 1.29 is 4.74 Å². The number of anilines is 1. The van der Waals surface area contributed by atoms with E-state index in [0.717, 1.165) is 62.2 Å². The van der Waals surface area contributed by atoms with Crippen molar-refractivity contribution in [1.82, 2.24) is 24.5 Å². The van der Waals surface area contributed by atoms with Crippen LogP contribution in [0.1, 0.15) is 36.6 Å². The highest BCUT2D eigenvalue weighted by molar-refractivity contribution is 5.64. The van der Waals surface area contributed by atoms with Gasteiger partial charge >= 0.3 is 0 Å². The van der Waals surface area contributed by atoms with Crippen molar-refractivity contribution in [1.29, 1.82) is 0 Å². The molecule has 1 saturated carbocycles. The topological polar surface area (TPSA) is 58.8 Å². The monoisotopic (exact) mass is 378 g/mol. The fraction of sp³-hybridized carbons (Fsp3) is 0.476. The molecule has 146 valence electrons. The molecule has 1 aliphatic carbocycles. The first-order valence-corrected chi connectivity index (χ1v) is 10.1. The molecule has 0 atom stereocenters. The molecule has 2 aromatic heterocycles. The van der Waals surface area contributed by atoms with Crippen LogP contribution in [0, 0.1) is 0 Å². The van der Waals surface area contributed by atoms with Crippen LogP contribution in [0.2, 0.25) is 0 Å². The van der Waals surface area contributed by atoms with E-state index in [2.05, 4.69) is 41.5 Å². The van der Waals surface area contributed by atoms with Gasteiger partial charge < -0.3 is 9.64 Å². The minimum atomic E-state index is 0.578. The highest BCUT2D eigenvalue weighted by Gasteiger charge is 2.30. The standard InChI is InChI=1S/C21H26N6O/c1-28-18-7-3-16(4-8-18)15-25-10-2-11-26(14-13-25)20-21-24-23-19(17-5-6-17)27(21)12-9-22-20/h3-4,7-9,12,17H,2,5-6,10-11,13-15H2,1H3. The summed E-state index contributed by atoms with van der Waals surface area (Å²) in [7, 11) is 1.70. The van der Waals surface area contributed by atoms with Crippen LogP contribution in [0.15, 0.2) is 36.7 Å². The normalized spacial score (nSPS) is 18.4. The van der Waals surface area contributed by atoms with Crippen LogP contribution in [0.5, 0.6) is 5.75 Å². The molecule has 7 heteroatoms. The smallest absolute Gasteiger partial charge is 0.203 e. The van der Waals surface area contributed by atoms with Crippen LogP contribution in [-0.2, 0) is 6.54 Å². The zero-order valence-corrected chi connectivity index (χ0v) is 16.3. The molecule has 1 saturated heterocycles. The van der Waals surface area contributed by atoms with Crippen molar-refractivity contribution >= 4 is 11.5 Å². The van der Waals surface area contributed by atoms with Crippen molar-refractivity contribution in [3.63, 3.8) is 0 Å². The van der Waals surface area contributed by atoms with Gasteiger partial charge in [-0.25, -0.2) is 4.98 Å². The Morgan fingerprint density at radius 3 is 2.68 bits per heavy atom. The molecular formula is C21H26N6O. The number of fused-ring (bicyclic) bond motifs is 1. The van der Waals surface area contributed by atoms with Gasteiger partial charge in [-0.3, -0.25) is 9.30 Å². The van der Waals surface area contributed by atoms with Crippen molar-refractivity contribution in [2.75, 3.05) is 38.2 Å². The molecule has 28 heavy (non-hydrogen) atoms. The first-order valence-electron chi connectivity index (χ1n) is 10.1. The molecule has 3 heterocycles. The van der Waals surface area contributed by atoms with Gasteiger partial charge in [0.2, 0.25) is 5.65 Å². The van der Waals surface area contributed by atoms with E-state index in [-0.39, 0.29) is 0 Å². The number of hydrogen-bond acceptors (Lipinski definition) is 6. The lowest BCUT2D eigenvalue weighted by atomic mass is 10.2. The van der Waals surface area contributed by atoms with Gasteiger partial charge in [-0.2, -0.15) is 0 Å². The SMILES string of the molecule is COc1ccc(CN2CCCN(c3nccn4c(C5CC5)nnc34)CC2)cc1. The van der Waals surface area contributed by atoms with Gasteiger partial charge in [-0.1, -0.05) is 12.1 Å². The summed E-state index contributed by atoms with van der Waals surface area (Å²) in [6, 6.07) is 8.37. The Bertz CT molecular complexity index is 949. The molecule has 1 aliphatic heterocycles. The van der Waals surface area contributed by atoms with Gasteiger partial charge in [0.15, 0.2) is 5.82 Å². The minimum Gasteiger partial charge on any atom is -0.497 e. The van der Waals surface area contributed by atoms with Crippen LogP contribution in [0.4, 0.5) is 5.82 Å². The molecule has 1 aromatic carbocycles. The molecule has 0 unspecified atom stereocenters. The quantitative estimate of drug-likeness (QED) is 0.680. The maximum atomic E-state index is 5.26. The number of rotatable bonds is 5. The molecule has 0 bridgehead atoms. The second-order valence-electron chi connectivity index (χ2n) is 7.74. The number of hydrogen-bond donors (Lipinski definition) is 0. The predicted molar refractivity (Wildman–Crippen MR) is 108 cm³/mol. The average molecular weight is 378 g/mol. The first kappa shape index (κ1) is 17.4. The molecule has 5 rings (SSSR count). The number of nitrogens with zero attached hydrogens (tertiary/aromatic N) is 6. The molecule has 0 N–H and O–H groups in total. The molecule has 7 nitrogen and oxygen atoms in total. The van der Waals surface area contributed by atoms with E-state index in [1.165, 1.54) is 18.4 Å². The molecule has 0 radical (unpaired) electrons. The third-order valence-corrected chi connectivity index (χ3v) is 5.73. The van der Waals surface area contributed by atoms with E-state index in [1.807, 2.05) is 24.5 Å². The van der Waals surface area contributed by atoms with E-state index in [1.54, 1.807) is 7.11 Å². The number of benzene rings is 1. The lowest BCUT2D eigenvalue weighted by molar-refractivity contribution is 0.285. The molecule has 0 amide bonds. The Morgan fingerprint density at radius 2 is 1.89 bits per heavy atom. The summed E-state index contributed by atoms with van der Waals surface area (Å²) in [5.41, 5.74) is 2.22. The Kier molecular flexibility index (Phi) is 4.60. The van der Waals surface area contributed by atoms with Gasteiger partial charge in [-0.15, -0.1) is 10.2 Å². The molecule has 3 aromatic rings. The summed E-state index contributed by atoms with van der Waals surface area (Å²) in [6.07, 6.45) is 7.45. The van der Waals surface area contributed by atoms with E-state index in [9.17, 15) is 0 Å². The lowest BCUT2D eigenvalue weighted by Gasteiger charge is -2.23. The molecule has 2 fully saturated rings. The van der Waals surface area contributed by atoms with Crippen LogP contribution < -0.4 is 9.64 Å². The summed E-state index contributed by atoms with van der Waals surface area (Å²) >= 11 is 0. The summed E-state index contributed by atoms with van der Waals surface area (Å²) in [6.45, 7) is 5.02. The summed E-state index contributed by atoms with van der Waals surface area (Å²) in [5, 5.41) is 8.92. The average Bonchev–Trinajstić information content (AvgIpc) is 3.52. The van der Waals surface area contributed by atoms with Crippen molar-refractivity contribution in [3.8, 4) is 5.75 Å². The Morgan fingerprint density at radius 1 is 1.04 bits per heavy atom. The number of ether oxygens (including phenoxy) is 1. The molecule has 0 spiro atoms.